The van der Waals surface area contributed by atoms with Gasteiger partial charge in [-0.2, -0.15) is 0 Å². The summed E-state index contributed by atoms with van der Waals surface area (Å²) in [5.41, 5.74) is 7.82. The van der Waals surface area contributed by atoms with E-state index in [0.717, 1.165) is 11.4 Å². The first-order chi connectivity index (χ1) is 8.65. The highest BCUT2D eigenvalue weighted by atomic mass is 19.1. The minimum absolute atomic E-state index is 0.258. The first-order valence-corrected chi connectivity index (χ1v) is 5.84. The highest BCUT2D eigenvalue weighted by Gasteiger charge is 2.11. The Morgan fingerprint density at radius 1 is 1.44 bits per heavy atom. The van der Waals surface area contributed by atoms with Crippen molar-refractivity contribution in [3.8, 4) is 17.0 Å². The van der Waals surface area contributed by atoms with Crippen LogP contribution in [0.15, 0.2) is 18.2 Å². The molecule has 0 radical (unpaired) electrons. The SMILES string of the molecule is CCOc1ccc(-c2nc(CN)[nH]c2C)cc1F. The molecule has 0 bridgehead atoms. The highest BCUT2D eigenvalue weighted by Crippen LogP contribution is 2.26. The van der Waals surface area contributed by atoms with Crippen LogP contribution >= 0.6 is 0 Å². The van der Waals surface area contributed by atoms with Crippen LogP contribution < -0.4 is 10.5 Å². The lowest BCUT2D eigenvalue weighted by Gasteiger charge is -2.06. The van der Waals surface area contributed by atoms with Crippen molar-refractivity contribution in [1.82, 2.24) is 9.97 Å². The maximum Gasteiger partial charge on any atom is 0.165 e. The summed E-state index contributed by atoms with van der Waals surface area (Å²) in [6.07, 6.45) is 0. The average Bonchev–Trinajstić information content (AvgIpc) is 2.73. The largest absolute Gasteiger partial charge is 0.491 e. The van der Waals surface area contributed by atoms with E-state index in [1.807, 2.05) is 13.8 Å². The number of nitrogens with two attached hydrogens (primary N) is 1. The van der Waals surface area contributed by atoms with E-state index in [2.05, 4.69) is 9.97 Å². The van der Waals surface area contributed by atoms with Crippen molar-refractivity contribution in [1.29, 1.82) is 0 Å². The Morgan fingerprint density at radius 2 is 2.22 bits per heavy atom. The zero-order valence-corrected chi connectivity index (χ0v) is 10.5. The van der Waals surface area contributed by atoms with Crippen molar-refractivity contribution in [3.05, 3.63) is 35.5 Å². The molecular formula is C13H16FN3O. The molecule has 1 aromatic carbocycles. The Kier molecular flexibility index (Phi) is 3.62. The van der Waals surface area contributed by atoms with Gasteiger partial charge in [-0.15, -0.1) is 0 Å². The number of benzene rings is 1. The van der Waals surface area contributed by atoms with Gasteiger partial charge in [0.2, 0.25) is 0 Å². The van der Waals surface area contributed by atoms with Crippen LogP contribution in [0.25, 0.3) is 11.3 Å². The third-order valence-electron chi connectivity index (χ3n) is 2.63. The summed E-state index contributed by atoms with van der Waals surface area (Å²) in [4.78, 5) is 7.39. The molecule has 0 atom stereocenters. The molecule has 0 saturated carbocycles. The van der Waals surface area contributed by atoms with Gasteiger partial charge in [0.1, 0.15) is 5.82 Å². The normalized spacial score (nSPS) is 10.7. The van der Waals surface area contributed by atoms with E-state index < -0.39 is 0 Å². The number of nitrogens with zero attached hydrogens (tertiary/aromatic N) is 1. The summed E-state index contributed by atoms with van der Waals surface area (Å²) in [5, 5.41) is 0. The Balaban J connectivity index is 2.38. The van der Waals surface area contributed by atoms with E-state index in [4.69, 9.17) is 10.5 Å². The lowest BCUT2D eigenvalue weighted by molar-refractivity contribution is 0.321. The number of imidazole rings is 1. The molecule has 4 nitrogen and oxygen atoms in total. The van der Waals surface area contributed by atoms with Crippen LogP contribution in [0.1, 0.15) is 18.4 Å². The summed E-state index contributed by atoms with van der Waals surface area (Å²) in [7, 11) is 0. The van der Waals surface area contributed by atoms with E-state index >= 15 is 0 Å². The molecule has 0 aliphatic carbocycles. The van der Waals surface area contributed by atoms with Gasteiger partial charge in [-0.05, 0) is 32.0 Å². The predicted octanol–water partition coefficient (Wildman–Crippen LogP) is 2.38. The quantitative estimate of drug-likeness (QED) is 0.874. The molecule has 0 saturated heterocycles. The highest BCUT2D eigenvalue weighted by molar-refractivity contribution is 5.63. The summed E-state index contributed by atoms with van der Waals surface area (Å²) < 4.78 is 18.9. The fraction of sp³-hybridized carbons (Fsp3) is 0.308. The molecule has 18 heavy (non-hydrogen) atoms. The Hall–Kier alpha value is -1.88. The molecule has 3 N–H and O–H groups in total. The minimum Gasteiger partial charge on any atom is -0.491 e. The lowest BCUT2D eigenvalue weighted by Crippen LogP contribution is -1.98. The van der Waals surface area contributed by atoms with Crippen molar-refractivity contribution in [3.63, 3.8) is 0 Å². The van der Waals surface area contributed by atoms with Crippen molar-refractivity contribution < 1.29 is 9.13 Å². The number of halogens is 1. The number of H-pyrrole nitrogens is 1. The van der Waals surface area contributed by atoms with Gasteiger partial charge in [0.15, 0.2) is 11.6 Å². The van der Waals surface area contributed by atoms with Crippen molar-refractivity contribution in [2.75, 3.05) is 6.61 Å². The van der Waals surface area contributed by atoms with E-state index in [9.17, 15) is 4.39 Å². The number of hydrogen-bond donors (Lipinski definition) is 2. The van der Waals surface area contributed by atoms with Crippen LogP contribution in [0.4, 0.5) is 4.39 Å². The number of aryl methyl sites for hydroxylation is 1. The second-order valence-electron chi connectivity index (χ2n) is 3.94. The number of aromatic amines is 1. The smallest absolute Gasteiger partial charge is 0.165 e. The van der Waals surface area contributed by atoms with Gasteiger partial charge in [0, 0.05) is 11.3 Å². The lowest BCUT2D eigenvalue weighted by atomic mass is 10.1. The van der Waals surface area contributed by atoms with E-state index in [-0.39, 0.29) is 11.6 Å². The van der Waals surface area contributed by atoms with Gasteiger partial charge in [-0.3, -0.25) is 0 Å². The fourth-order valence-electron chi connectivity index (χ4n) is 1.82. The van der Waals surface area contributed by atoms with E-state index in [0.29, 0.717) is 24.5 Å². The molecule has 0 aliphatic rings. The van der Waals surface area contributed by atoms with Crippen molar-refractivity contribution in [2.45, 2.75) is 20.4 Å². The van der Waals surface area contributed by atoms with Gasteiger partial charge in [0.25, 0.3) is 0 Å². The Morgan fingerprint density at radius 3 is 2.78 bits per heavy atom. The number of rotatable bonds is 4. The summed E-state index contributed by atoms with van der Waals surface area (Å²) in [6, 6.07) is 4.83. The zero-order valence-electron chi connectivity index (χ0n) is 10.5. The summed E-state index contributed by atoms with van der Waals surface area (Å²) in [6.45, 7) is 4.48. The minimum atomic E-state index is -0.383. The molecule has 0 fully saturated rings. The molecule has 2 aromatic rings. The van der Waals surface area contributed by atoms with Crippen LogP contribution in [0.3, 0.4) is 0 Å². The average molecular weight is 249 g/mol. The zero-order chi connectivity index (χ0) is 13.1. The molecule has 0 spiro atoms. The van der Waals surface area contributed by atoms with Crippen LogP contribution in [-0.2, 0) is 6.54 Å². The van der Waals surface area contributed by atoms with Gasteiger partial charge in [0.05, 0.1) is 18.8 Å². The molecule has 0 unspecified atom stereocenters. The van der Waals surface area contributed by atoms with E-state index in [1.165, 1.54) is 6.07 Å². The Labute approximate surface area is 105 Å². The molecule has 2 rings (SSSR count). The first-order valence-electron chi connectivity index (χ1n) is 5.84. The molecule has 1 heterocycles. The summed E-state index contributed by atoms with van der Waals surface area (Å²) in [5.74, 6) is 0.566. The van der Waals surface area contributed by atoms with Crippen LogP contribution in [0.5, 0.6) is 5.75 Å². The Bertz CT molecular complexity index is 551. The molecular weight excluding hydrogens is 233 g/mol. The van der Waals surface area contributed by atoms with Crippen molar-refractivity contribution >= 4 is 0 Å². The summed E-state index contributed by atoms with van der Waals surface area (Å²) >= 11 is 0. The second kappa shape index (κ2) is 5.18. The monoisotopic (exact) mass is 249 g/mol. The van der Waals surface area contributed by atoms with Crippen LogP contribution in [-0.4, -0.2) is 16.6 Å². The molecule has 1 aromatic heterocycles. The molecule has 0 amide bonds. The number of nitrogens with one attached hydrogen (secondary N) is 1. The maximum atomic E-state index is 13.8. The molecule has 0 aliphatic heterocycles. The van der Waals surface area contributed by atoms with Gasteiger partial charge < -0.3 is 15.5 Å². The topological polar surface area (TPSA) is 63.9 Å². The van der Waals surface area contributed by atoms with E-state index in [1.54, 1.807) is 12.1 Å². The predicted molar refractivity (Wildman–Crippen MR) is 67.8 cm³/mol. The van der Waals surface area contributed by atoms with Crippen LogP contribution in [0, 0.1) is 12.7 Å². The molecule has 5 heteroatoms. The molecule has 96 valence electrons. The maximum absolute atomic E-state index is 13.8. The first kappa shape index (κ1) is 12.6. The number of hydrogen-bond acceptors (Lipinski definition) is 3. The van der Waals surface area contributed by atoms with Gasteiger partial charge >= 0.3 is 0 Å². The number of aromatic nitrogens is 2. The third-order valence-corrected chi connectivity index (χ3v) is 2.63. The van der Waals surface area contributed by atoms with Crippen LogP contribution in [0.2, 0.25) is 0 Å². The number of ether oxygens (including phenoxy) is 1. The standard InChI is InChI=1S/C13H16FN3O/c1-3-18-11-5-4-9(6-10(11)14)13-8(2)16-12(7-15)17-13/h4-6H,3,7,15H2,1-2H3,(H,16,17). The second-order valence-corrected chi connectivity index (χ2v) is 3.94. The third kappa shape index (κ3) is 2.36. The van der Waals surface area contributed by atoms with Crippen molar-refractivity contribution in [2.24, 2.45) is 5.73 Å². The van der Waals surface area contributed by atoms with Gasteiger partial charge in [-0.1, -0.05) is 0 Å². The fourth-order valence-corrected chi connectivity index (χ4v) is 1.82. The van der Waals surface area contributed by atoms with Gasteiger partial charge in [-0.25, -0.2) is 9.37 Å².